The second-order valence-corrected chi connectivity index (χ2v) is 4.96. The van der Waals surface area contributed by atoms with E-state index in [2.05, 4.69) is 10.5 Å². The van der Waals surface area contributed by atoms with Crippen molar-refractivity contribution in [3.63, 3.8) is 0 Å². The zero-order chi connectivity index (χ0) is 16.5. The molecule has 0 saturated heterocycles. The van der Waals surface area contributed by atoms with E-state index in [1.165, 1.54) is 14.2 Å². The molecule has 1 amide bonds. The third-order valence-corrected chi connectivity index (χ3v) is 3.46. The van der Waals surface area contributed by atoms with Gasteiger partial charge in [0.15, 0.2) is 11.5 Å². The van der Waals surface area contributed by atoms with Gasteiger partial charge in [-0.3, -0.25) is 4.79 Å². The summed E-state index contributed by atoms with van der Waals surface area (Å²) in [5.41, 5.74) is 1.33. The van der Waals surface area contributed by atoms with E-state index in [0.29, 0.717) is 29.5 Å². The molecule has 0 spiro atoms. The summed E-state index contributed by atoms with van der Waals surface area (Å²) < 4.78 is 36.4. The molecule has 1 aliphatic carbocycles. The monoisotopic (exact) mass is 314 g/mol. The zero-order valence-corrected chi connectivity index (χ0v) is 12.3. The van der Waals surface area contributed by atoms with Gasteiger partial charge in [-0.15, -0.1) is 0 Å². The summed E-state index contributed by atoms with van der Waals surface area (Å²) in [5.74, 6) is -4.08. The first-order valence-electron chi connectivity index (χ1n) is 6.47. The largest absolute Gasteiger partial charge is 0.493 e. The van der Waals surface area contributed by atoms with Crippen molar-refractivity contribution in [2.75, 3.05) is 14.2 Å². The van der Waals surface area contributed by atoms with Crippen molar-refractivity contribution in [2.45, 2.75) is 25.3 Å². The number of amides is 1. The molecule has 8 heteroatoms. The number of carbonyl (C=O) groups excluding carboxylic acids is 1. The van der Waals surface area contributed by atoms with Crippen molar-refractivity contribution in [1.29, 1.82) is 0 Å². The number of ether oxygens (including phenoxy) is 2. The van der Waals surface area contributed by atoms with E-state index in [9.17, 15) is 13.6 Å². The number of nitrogens with one attached hydrogen (secondary N) is 1. The Kier molecular flexibility index (Phi) is 4.20. The smallest absolute Gasteiger partial charge is 0.321 e. The van der Waals surface area contributed by atoms with E-state index in [0.717, 1.165) is 0 Å². The Labute approximate surface area is 125 Å². The molecular weight excluding hydrogens is 298 g/mol. The summed E-state index contributed by atoms with van der Waals surface area (Å²) in [7, 11) is 2.89. The molecule has 1 aliphatic rings. The zero-order valence-electron chi connectivity index (χ0n) is 12.3. The second kappa shape index (κ2) is 5.78. The minimum absolute atomic E-state index is 0.101. The minimum atomic E-state index is -3.49. The lowest BCUT2D eigenvalue weighted by molar-refractivity contribution is -0.143. The van der Waals surface area contributed by atoms with Gasteiger partial charge in [0.2, 0.25) is 0 Å². The van der Waals surface area contributed by atoms with Gasteiger partial charge in [-0.25, -0.2) is 0 Å². The molecule has 0 heterocycles. The maximum atomic E-state index is 13.1. The van der Waals surface area contributed by atoms with E-state index in [1.54, 1.807) is 12.1 Å². The fourth-order valence-electron chi connectivity index (χ4n) is 2.35. The molecule has 0 aromatic heterocycles. The molecule has 0 fully saturated rings. The Morgan fingerprint density at radius 3 is 2.45 bits per heavy atom. The van der Waals surface area contributed by atoms with Crippen LogP contribution in [-0.2, 0) is 4.79 Å². The maximum absolute atomic E-state index is 13.1. The summed E-state index contributed by atoms with van der Waals surface area (Å²) in [5, 5.41) is 14.5. The molecule has 1 aromatic rings. The fourth-order valence-corrected chi connectivity index (χ4v) is 2.35. The van der Waals surface area contributed by atoms with Gasteiger partial charge in [-0.2, -0.15) is 8.78 Å². The van der Waals surface area contributed by atoms with Crippen LogP contribution in [0.4, 0.5) is 8.78 Å². The van der Waals surface area contributed by atoms with Crippen LogP contribution in [0.3, 0.4) is 0 Å². The van der Waals surface area contributed by atoms with E-state index >= 15 is 0 Å². The number of halogens is 2. The van der Waals surface area contributed by atoms with Crippen LogP contribution in [0.15, 0.2) is 17.3 Å². The van der Waals surface area contributed by atoms with Crippen molar-refractivity contribution in [1.82, 2.24) is 5.32 Å². The molecule has 1 aromatic carbocycles. The van der Waals surface area contributed by atoms with Crippen molar-refractivity contribution >= 4 is 11.6 Å². The number of alkyl halides is 2. The number of hydrogen-bond acceptors (Lipinski definition) is 5. The van der Waals surface area contributed by atoms with Crippen LogP contribution in [0.1, 0.15) is 30.5 Å². The lowest BCUT2D eigenvalue weighted by Gasteiger charge is -2.18. The summed E-state index contributed by atoms with van der Waals surface area (Å²) in [6, 6.07) is 2.43. The number of methoxy groups -OCH3 is 2. The molecule has 2 rings (SSSR count). The number of carbonyl (C=O) groups is 1. The highest BCUT2D eigenvalue weighted by molar-refractivity contribution is 6.06. The average molecular weight is 314 g/mol. The first kappa shape index (κ1) is 16.0. The number of benzene rings is 1. The van der Waals surface area contributed by atoms with Crippen LogP contribution < -0.4 is 14.8 Å². The molecule has 2 N–H and O–H groups in total. The van der Waals surface area contributed by atoms with E-state index in [4.69, 9.17) is 14.7 Å². The summed E-state index contributed by atoms with van der Waals surface area (Å²) in [6.45, 7) is 0.522. The highest BCUT2D eigenvalue weighted by atomic mass is 19.3. The van der Waals surface area contributed by atoms with Crippen molar-refractivity contribution in [3.8, 4) is 11.5 Å². The molecule has 22 heavy (non-hydrogen) atoms. The van der Waals surface area contributed by atoms with Crippen molar-refractivity contribution < 1.29 is 28.3 Å². The van der Waals surface area contributed by atoms with Gasteiger partial charge in [0.05, 0.1) is 26.0 Å². The van der Waals surface area contributed by atoms with Gasteiger partial charge >= 0.3 is 5.92 Å². The Morgan fingerprint density at radius 2 is 1.95 bits per heavy atom. The Morgan fingerprint density at radius 1 is 1.36 bits per heavy atom. The van der Waals surface area contributed by atoms with E-state index < -0.39 is 17.9 Å². The quantitative estimate of drug-likeness (QED) is 0.659. The molecular formula is C14H16F2N2O4. The van der Waals surface area contributed by atoms with Crippen molar-refractivity contribution in [3.05, 3.63) is 23.3 Å². The molecule has 0 saturated carbocycles. The number of rotatable bonds is 4. The first-order chi connectivity index (χ1) is 10.3. The van der Waals surface area contributed by atoms with Crippen molar-refractivity contribution in [2.24, 2.45) is 5.16 Å². The summed E-state index contributed by atoms with van der Waals surface area (Å²) >= 11 is 0. The molecule has 6 nitrogen and oxygen atoms in total. The van der Waals surface area contributed by atoms with Gasteiger partial charge in [-0.1, -0.05) is 5.16 Å². The molecule has 120 valence electrons. The van der Waals surface area contributed by atoms with Crippen LogP contribution in [0.5, 0.6) is 11.5 Å². The lowest BCUT2D eigenvalue weighted by atomic mass is 10.1. The third-order valence-electron chi connectivity index (χ3n) is 3.46. The predicted molar refractivity (Wildman–Crippen MR) is 74.0 cm³/mol. The van der Waals surface area contributed by atoms with Gasteiger partial charge in [-0.05, 0) is 17.7 Å². The highest BCUT2D eigenvalue weighted by Gasteiger charge is 2.37. The average Bonchev–Trinajstić information content (AvgIpc) is 2.81. The number of oxime groups is 1. The van der Waals surface area contributed by atoms with E-state index in [1.807, 2.05) is 0 Å². The standard InChI is InChI=1S/C14H16F2N2O4/c1-14(15,16)13(19)17-9-6-10(18-20)8-5-12(22-3)11(21-2)4-7(8)9/h4-5,9,20H,6H2,1-3H3,(H,17,19)/b18-10+. The summed E-state index contributed by atoms with van der Waals surface area (Å²) in [6.07, 6.45) is 0.101. The maximum Gasteiger partial charge on any atom is 0.321 e. The van der Waals surface area contributed by atoms with Crippen LogP contribution in [0, 0.1) is 0 Å². The summed E-state index contributed by atoms with van der Waals surface area (Å²) in [4.78, 5) is 11.5. The topological polar surface area (TPSA) is 80.2 Å². The molecule has 1 unspecified atom stereocenters. The van der Waals surface area contributed by atoms with Crippen LogP contribution in [0.2, 0.25) is 0 Å². The number of nitrogens with zero attached hydrogens (tertiary/aromatic N) is 1. The van der Waals surface area contributed by atoms with Gasteiger partial charge < -0.3 is 20.0 Å². The second-order valence-electron chi connectivity index (χ2n) is 4.96. The predicted octanol–water partition coefficient (Wildman–Crippen LogP) is 2.10. The highest BCUT2D eigenvalue weighted by Crippen LogP contribution is 2.39. The van der Waals surface area contributed by atoms with E-state index in [-0.39, 0.29) is 12.1 Å². The van der Waals surface area contributed by atoms with Gasteiger partial charge in [0, 0.05) is 18.9 Å². The first-order valence-corrected chi connectivity index (χ1v) is 6.47. The van der Waals surface area contributed by atoms with Crippen LogP contribution in [0.25, 0.3) is 0 Å². The molecule has 0 radical (unpaired) electrons. The number of hydrogen-bond donors (Lipinski definition) is 2. The minimum Gasteiger partial charge on any atom is -0.493 e. The molecule has 0 aliphatic heterocycles. The Balaban J connectivity index is 2.42. The third kappa shape index (κ3) is 2.81. The number of fused-ring (bicyclic) bond motifs is 1. The van der Waals surface area contributed by atoms with Crippen LogP contribution >= 0.6 is 0 Å². The SMILES string of the molecule is COc1cc2c(cc1OC)C(NC(=O)C(C)(F)F)C/C2=N\O. The van der Waals surface area contributed by atoms with Crippen LogP contribution in [-0.4, -0.2) is 37.0 Å². The Hall–Kier alpha value is -2.38. The molecule has 1 atom stereocenters. The van der Waals surface area contributed by atoms with Gasteiger partial charge in [0.25, 0.3) is 5.91 Å². The molecule has 0 bridgehead atoms. The Bertz CT molecular complexity index is 626. The lowest BCUT2D eigenvalue weighted by Crippen LogP contribution is -2.39. The van der Waals surface area contributed by atoms with Gasteiger partial charge in [0.1, 0.15) is 0 Å². The fraction of sp³-hybridized carbons (Fsp3) is 0.429. The normalized spacial score (nSPS) is 19.0.